The zero-order chi connectivity index (χ0) is 16.5. The van der Waals surface area contributed by atoms with E-state index in [4.69, 9.17) is 11.6 Å². The van der Waals surface area contributed by atoms with E-state index in [9.17, 15) is 4.79 Å². The fourth-order valence-corrected chi connectivity index (χ4v) is 3.27. The van der Waals surface area contributed by atoms with Crippen LogP contribution in [-0.4, -0.2) is 26.9 Å². The summed E-state index contributed by atoms with van der Waals surface area (Å²) in [6.07, 6.45) is 3.29. The molecule has 1 heterocycles. The van der Waals surface area contributed by atoms with Gasteiger partial charge >= 0.3 is 0 Å². The van der Waals surface area contributed by atoms with Crippen LogP contribution < -0.4 is 5.32 Å². The zero-order valence-electron chi connectivity index (χ0n) is 12.8. The molecule has 0 unspecified atom stereocenters. The molecule has 5 nitrogen and oxygen atoms in total. The molecule has 0 saturated carbocycles. The third kappa shape index (κ3) is 2.78. The van der Waals surface area contributed by atoms with Crippen LogP contribution in [-0.2, 0) is 12.8 Å². The average Bonchev–Trinajstić information content (AvgIpc) is 3.21. The molecule has 0 aliphatic heterocycles. The quantitative estimate of drug-likeness (QED) is 0.799. The molecule has 120 valence electrons. The maximum Gasteiger partial charge on any atom is 0.273 e. The maximum absolute atomic E-state index is 12.4. The van der Waals surface area contributed by atoms with Crippen LogP contribution in [0.5, 0.6) is 0 Å². The third-order valence-corrected chi connectivity index (χ3v) is 4.53. The van der Waals surface area contributed by atoms with E-state index in [1.54, 1.807) is 12.3 Å². The van der Waals surface area contributed by atoms with Crippen molar-refractivity contribution in [2.45, 2.75) is 18.9 Å². The summed E-state index contributed by atoms with van der Waals surface area (Å²) >= 11 is 6.15. The van der Waals surface area contributed by atoms with Crippen molar-refractivity contribution in [3.05, 3.63) is 76.6 Å². The fourth-order valence-electron chi connectivity index (χ4n) is 3.04. The van der Waals surface area contributed by atoms with Gasteiger partial charge in [0.15, 0.2) is 5.69 Å². The Balaban J connectivity index is 1.48. The molecule has 0 spiro atoms. The van der Waals surface area contributed by atoms with Crippen LogP contribution in [0.2, 0.25) is 5.02 Å². The van der Waals surface area contributed by atoms with Gasteiger partial charge in [0, 0.05) is 6.04 Å². The molecule has 0 bridgehead atoms. The van der Waals surface area contributed by atoms with Crippen LogP contribution in [0.4, 0.5) is 0 Å². The number of aromatic nitrogens is 3. The van der Waals surface area contributed by atoms with Crippen LogP contribution in [0.1, 0.15) is 21.6 Å². The van der Waals surface area contributed by atoms with E-state index in [1.165, 1.54) is 15.8 Å². The Morgan fingerprint density at radius 3 is 2.46 bits per heavy atom. The zero-order valence-corrected chi connectivity index (χ0v) is 13.6. The second-order valence-corrected chi connectivity index (χ2v) is 6.25. The van der Waals surface area contributed by atoms with Crippen LogP contribution in [0, 0.1) is 0 Å². The first-order valence-corrected chi connectivity index (χ1v) is 8.13. The SMILES string of the molecule is O=C(NC1Cc2ccccc2C1)c1cn(-c2ccccc2Cl)nn1. The molecule has 0 fully saturated rings. The number of fused-ring (bicyclic) bond motifs is 1. The minimum atomic E-state index is -0.217. The third-order valence-electron chi connectivity index (χ3n) is 4.21. The van der Waals surface area contributed by atoms with Gasteiger partial charge in [0.05, 0.1) is 16.9 Å². The normalized spacial score (nSPS) is 13.7. The number of nitrogens with zero attached hydrogens (tertiary/aromatic N) is 3. The van der Waals surface area contributed by atoms with Gasteiger partial charge in [0.2, 0.25) is 0 Å². The van der Waals surface area contributed by atoms with Gasteiger partial charge in [-0.3, -0.25) is 4.79 Å². The summed E-state index contributed by atoms with van der Waals surface area (Å²) in [6.45, 7) is 0. The van der Waals surface area contributed by atoms with Gasteiger partial charge in [-0.1, -0.05) is 53.2 Å². The Labute approximate surface area is 144 Å². The smallest absolute Gasteiger partial charge is 0.273 e. The van der Waals surface area contributed by atoms with Gasteiger partial charge in [0.25, 0.3) is 5.91 Å². The Bertz CT molecular complexity index is 880. The van der Waals surface area contributed by atoms with Crippen LogP contribution in [0.25, 0.3) is 5.69 Å². The number of rotatable bonds is 3. The molecule has 0 saturated heterocycles. The van der Waals surface area contributed by atoms with Crippen molar-refractivity contribution in [2.75, 3.05) is 0 Å². The largest absolute Gasteiger partial charge is 0.347 e. The number of halogens is 1. The highest BCUT2D eigenvalue weighted by atomic mass is 35.5. The lowest BCUT2D eigenvalue weighted by atomic mass is 10.1. The summed E-state index contributed by atoms with van der Waals surface area (Å²) in [4.78, 5) is 12.4. The number of amides is 1. The van der Waals surface area contributed by atoms with Crippen molar-refractivity contribution in [1.82, 2.24) is 20.3 Å². The highest BCUT2D eigenvalue weighted by Gasteiger charge is 2.24. The van der Waals surface area contributed by atoms with Crippen molar-refractivity contribution in [1.29, 1.82) is 0 Å². The van der Waals surface area contributed by atoms with Crippen LogP contribution in [0.15, 0.2) is 54.7 Å². The molecule has 1 aromatic heterocycles. The molecular weight excluding hydrogens is 324 g/mol. The summed E-state index contributed by atoms with van der Waals surface area (Å²) in [6, 6.07) is 15.7. The first kappa shape index (κ1) is 14.9. The summed E-state index contributed by atoms with van der Waals surface area (Å²) in [5.74, 6) is -0.217. The molecule has 24 heavy (non-hydrogen) atoms. The topological polar surface area (TPSA) is 59.8 Å². The van der Waals surface area contributed by atoms with Crippen molar-refractivity contribution < 1.29 is 4.79 Å². The molecule has 1 amide bonds. The van der Waals surface area contributed by atoms with E-state index in [2.05, 4.69) is 27.8 Å². The fraction of sp³-hybridized carbons (Fsp3) is 0.167. The summed E-state index contributed by atoms with van der Waals surface area (Å²) in [7, 11) is 0. The van der Waals surface area contributed by atoms with E-state index in [-0.39, 0.29) is 17.6 Å². The monoisotopic (exact) mass is 338 g/mol. The van der Waals surface area contributed by atoms with E-state index in [1.807, 2.05) is 30.3 Å². The molecule has 0 radical (unpaired) electrons. The average molecular weight is 339 g/mol. The lowest BCUT2D eigenvalue weighted by Gasteiger charge is -2.10. The van der Waals surface area contributed by atoms with Crippen molar-refractivity contribution in [2.24, 2.45) is 0 Å². The Hall–Kier alpha value is -2.66. The van der Waals surface area contributed by atoms with Crippen LogP contribution in [0.3, 0.4) is 0 Å². The van der Waals surface area contributed by atoms with E-state index >= 15 is 0 Å². The first-order valence-electron chi connectivity index (χ1n) is 7.75. The number of para-hydroxylation sites is 1. The lowest BCUT2D eigenvalue weighted by molar-refractivity contribution is 0.0933. The van der Waals surface area contributed by atoms with Gasteiger partial charge in [-0.05, 0) is 36.1 Å². The number of hydrogen-bond donors (Lipinski definition) is 1. The molecule has 1 aliphatic rings. The lowest BCUT2D eigenvalue weighted by Crippen LogP contribution is -2.35. The number of hydrogen-bond acceptors (Lipinski definition) is 3. The summed E-state index contributed by atoms with van der Waals surface area (Å²) in [5.41, 5.74) is 3.56. The second kappa shape index (κ2) is 6.09. The number of carbonyl (C=O) groups is 1. The number of nitrogens with one attached hydrogen (secondary N) is 1. The predicted molar refractivity (Wildman–Crippen MR) is 91.5 cm³/mol. The highest BCUT2D eigenvalue weighted by molar-refractivity contribution is 6.32. The number of carbonyl (C=O) groups excluding carboxylic acids is 1. The minimum absolute atomic E-state index is 0.0976. The Morgan fingerprint density at radius 1 is 1.08 bits per heavy atom. The molecule has 0 atom stereocenters. The van der Waals surface area contributed by atoms with E-state index < -0.39 is 0 Å². The molecular formula is C18H15ClN4O. The molecule has 3 aromatic rings. The van der Waals surface area contributed by atoms with Crippen molar-refractivity contribution in [3.8, 4) is 5.69 Å². The standard InChI is InChI=1S/C18H15ClN4O/c19-15-7-3-4-8-17(15)23-11-16(21-22-23)18(24)20-14-9-12-5-1-2-6-13(12)10-14/h1-8,11,14H,9-10H2,(H,20,24). The highest BCUT2D eigenvalue weighted by Crippen LogP contribution is 2.22. The van der Waals surface area contributed by atoms with Gasteiger partial charge in [0.1, 0.15) is 0 Å². The number of benzene rings is 2. The van der Waals surface area contributed by atoms with Crippen molar-refractivity contribution >= 4 is 17.5 Å². The summed E-state index contributed by atoms with van der Waals surface area (Å²) < 4.78 is 1.51. The van der Waals surface area contributed by atoms with Crippen molar-refractivity contribution in [3.63, 3.8) is 0 Å². The van der Waals surface area contributed by atoms with Gasteiger partial charge in [-0.15, -0.1) is 5.10 Å². The molecule has 4 rings (SSSR count). The Kier molecular flexibility index (Phi) is 3.78. The van der Waals surface area contributed by atoms with E-state index in [0.29, 0.717) is 10.7 Å². The predicted octanol–water partition coefficient (Wildman–Crippen LogP) is 2.82. The van der Waals surface area contributed by atoms with E-state index in [0.717, 1.165) is 12.8 Å². The minimum Gasteiger partial charge on any atom is -0.347 e. The second-order valence-electron chi connectivity index (χ2n) is 5.85. The maximum atomic E-state index is 12.4. The molecule has 6 heteroatoms. The van der Waals surface area contributed by atoms with Gasteiger partial charge < -0.3 is 5.32 Å². The first-order chi connectivity index (χ1) is 11.7. The van der Waals surface area contributed by atoms with Gasteiger partial charge in [-0.25, -0.2) is 4.68 Å². The van der Waals surface area contributed by atoms with Gasteiger partial charge in [-0.2, -0.15) is 0 Å². The molecule has 1 N–H and O–H groups in total. The molecule has 1 aliphatic carbocycles. The Morgan fingerprint density at radius 2 is 1.75 bits per heavy atom. The summed E-state index contributed by atoms with van der Waals surface area (Å²) in [5, 5.41) is 11.6. The van der Waals surface area contributed by atoms with Crippen LogP contribution >= 0.6 is 11.6 Å². The molecule has 2 aromatic carbocycles.